The zero-order chi connectivity index (χ0) is 16.5. The maximum absolute atomic E-state index is 13.9. The van der Waals surface area contributed by atoms with Gasteiger partial charge in [-0.3, -0.25) is 0 Å². The Bertz CT molecular complexity index is 501. The highest BCUT2D eigenvalue weighted by atomic mass is 127. The molecule has 0 unspecified atom stereocenters. The van der Waals surface area contributed by atoms with Gasteiger partial charge in [0.1, 0.15) is 0 Å². The van der Waals surface area contributed by atoms with Crippen molar-refractivity contribution in [1.82, 2.24) is 4.98 Å². The summed E-state index contributed by atoms with van der Waals surface area (Å²) in [5, 5.41) is 3.22. The van der Waals surface area contributed by atoms with Gasteiger partial charge >= 0.3 is 0 Å². The summed E-state index contributed by atoms with van der Waals surface area (Å²) in [6.45, 7) is 15.7. The van der Waals surface area contributed by atoms with E-state index in [4.69, 9.17) is 4.43 Å². The number of nitrogens with one attached hydrogen (secondary N) is 1. The molecular formula is C15H26FIN2OSi. The van der Waals surface area contributed by atoms with Crippen molar-refractivity contribution >= 4 is 36.7 Å². The van der Waals surface area contributed by atoms with Gasteiger partial charge in [-0.1, -0.05) is 20.8 Å². The average molecular weight is 424 g/mol. The lowest BCUT2D eigenvalue weighted by atomic mass is 10.1. The van der Waals surface area contributed by atoms with Gasteiger partial charge in [-0.2, -0.15) is 0 Å². The number of hydrogen-bond donors (Lipinski definition) is 1. The van der Waals surface area contributed by atoms with Gasteiger partial charge in [-0.15, -0.1) is 0 Å². The molecule has 1 rings (SSSR count). The Labute approximate surface area is 142 Å². The molecule has 0 aliphatic carbocycles. The molecule has 3 nitrogen and oxygen atoms in total. The zero-order valence-electron chi connectivity index (χ0n) is 14.0. The van der Waals surface area contributed by atoms with Crippen LogP contribution < -0.4 is 5.32 Å². The highest BCUT2D eigenvalue weighted by molar-refractivity contribution is 14.1. The zero-order valence-corrected chi connectivity index (χ0v) is 17.1. The van der Waals surface area contributed by atoms with Crippen LogP contribution in [0.5, 0.6) is 0 Å². The van der Waals surface area contributed by atoms with E-state index in [2.05, 4.69) is 44.2 Å². The molecule has 0 aliphatic heterocycles. The largest absolute Gasteiger partial charge is 0.410 e. The van der Waals surface area contributed by atoms with Crippen molar-refractivity contribution in [3.05, 3.63) is 21.7 Å². The molecule has 0 saturated carbocycles. The third-order valence-corrected chi connectivity index (χ3v) is 9.37. The second kappa shape index (κ2) is 6.50. The highest BCUT2D eigenvalue weighted by Gasteiger charge is 2.41. The first-order valence-corrected chi connectivity index (χ1v) is 11.1. The summed E-state index contributed by atoms with van der Waals surface area (Å²) in [5.74, 6) is -0.0185. The molecule has 1 aromatic heterocycles. The highest BCUT2D eigenvalue weighted by Crippen LogP contribution is 2.39. The molecule has 120 valence electrons. The molecule has 1 heterocycles. The monoisotopic (exact) mass is 424 g/mol. The SMILES string of the molecule is CC(C)(CNc1nccc(I)c1F)O[Si](C)(C)C(C)(C)C. The fourth-order valence-electron chi connectivity index (χ4n) is 1.72. The molecule has 6 heteroatoms. The maximum Gasteiger partial charge on any atom is 0.192 e. The topological polar surface area (TPSA) is 34.2 Å². The Morgan fingerprint density at radius 1 is 1.29 bits per heavy atom. The van der Waals surface area contributed by atoms with E-state index in [9.17, 15) is 4.39 Å². The van der Waals surface area contributed by atoms with Crippen LogP contribution in [0, 0.1) is 9.39 Å². The second-order valence-electron chi connectivity index (χ2n) is 7.43. The van der Waals surface area contributed by atoms with Gasteiger partial charge in [-0.25, -0.2) is 9.37 Å². The first-order valence-electron chi connectivity index (χ1n) is 7.10. The van der Waals surface area contributed by atoms with E-state index in [0.717, 1.165) is 0 Å². The molecular weight excluding hydrogens is 398 g/mol. The van der Waals surface area contributed by atoms with Crippen LogP contribution >= 0.6 is 22.6 Å². The normalized spacial score (nSPS) is 13.4. The van der Waals surface area contributed by atoms with E-state index in [1.807, 2.05) is 36.4 Å². The number of anilines is 1. The molecule has 21 heavy (non-hydrogen) atoms. The fraction of sp³-hybridized carbons (Fsp3) is 0.667. The number of pyridine rings is 1. The van der Waals surface area contributed by atoms with Crippen LogP contribution in [0.4, 0.5) is 10.2 Å². The summed E-state index contributed by atoms with van der Waals surface area (Å²) < 4.78 is 20.9. The van der Waals surface area contributed by atoms with Gasteiger partial charge in [0.05, 0.1) is 9.17 Å². The molecule has 1 aromatic rings. The minimum atomic E-state index is -1.86. The summed E-state index contributed by atoms with van der Waals surface area (Å²) in [7, 11) is -1.86. The predicted octanol–water partition coefficient (Wildman–Crippen LogP) is 5.04. The summed E-state index contributed by atoms with van der Waals surface area (Å²) in [6.07, 6.45) is 1.61. The predicted molar refractivity (Wildman–Crippen MR) is 97.8 cm³/mol. The Balaban J connectivity index is 2.76. The van der Waals surface area contributed by atoms with Crippen LogP contribution in [0.2, 0.25) is 18.1 Å². The third-order valence-electron chi connectivity index (χ3n) is 3.86. The van der Waals surface area contributed by atoms with Crippen molar-refractivity contribution < 1.29 is 8.82 Å². The Kier molecular flexibility index (Phi) is 5.83. The van der Waals surface area contributed by atoms with E-state index < -0.39 is 8.32 Å². The molecule has 1 N–H and O–H groups in total. The van der Waals surface area contributed by atoms with Crippen molar-refractivity contribution in [3.8, 4) is 0 Å². The number of rotatable bonds is 5. The van der Waals surface area contributed by atoms with Gasteiger partial charge in [0.2, 0.25) is 0 Å². The summed E-state index contributed by atoms with van der Waals surface area (Å²) in [5.41, 5.74) is -0.377. The molecule has 0 amide bonds. The minimum Gasteiger partial charge on any atom is -0.410 e. The Morgan fingerprint density at radius 3 is 2.38 bits per heavy atom. The lowest BCUT2D eigenvalue weighted by Gasteiger charge is -2.42. The number of hydrogen-bond acceptors (Lipinski definition) is 3. The molecule has 0 radical (unpaired) electrons. The second-order valence-corrected chi connectivity index (χ2v) is 13.3. The van der Waals surface area contributed by atoms with E-state index in [1.165, 1.54) is 0 Å². The molecule has 0 spiro atoms. The van der Waals surface area contributed by atoms with Gasteiger partial charge in [-0.05, 0) is 60.6 Å². The van der Waals surface area contributed by atoms with Crippen LogP contribution in [-0.2, 0) is 4.43 Å². The van der Waals surface area contributed by atoms with Crippen LogP contribution in [0.25, 0.3) is 0 Å². The molecule has 0 fully saturated rings. The molecule has 0 bridgehead atoms. The molecule has 0 atom stereocenters. The fourth-order valence-corrected chi connectivity index (χ4v) is 3.90. The molecule has 0 aliphatic rings. The van der Waals surface area contributed by atoms with Gasteiger partial charge < -0.3 is 9.74 Å². The Morgan fingerprint density at radius 2 is 1.86 bits per heavy atom. The summed E-state index contributed by atoms with van der Waals surface area (Å²) in [6, 6.07) is 1.65. The lowest BCUT2D eigenvalue weighted by molar-refractivity contribution is 0.105. The summed E-state index contributed by atoms with van der Waals surface area (Å²) >= 11 is 1.96. The Hall–Kier alpha value is -0.213. The van der Waals surface area contributed by atoms with Gasteiger partial charge in [0, 0.05) is 12.7 Å². The first-order chi connectivity index (χ1) is 9.36. The number of aromatic nitrogens is 1. The molecule has 0 saturated heterocycles. The third kappa shape index (κ3) is 5.17. The summed E-state index contributed by atoms with van der Waals surface area (Å²) in [4.78, 5) is 4.05. The minimum absolute atomic E-state index is 0.149. The first kappa shape index (κ1) is 18.8. The number of halogens is 2. The van der Waals surface area contributed by atoms with Crippen LogP contribution in [-0.4, -0.2) is 25.4 Å². The van der Waals surface area contributed by atoms with Crippen LogP contribution in [0.3, 0.4) is 0 Å². The van der Waals surface area contributed by atoms with Crippen molar-refractivity contribution in [1.29, 1.82) is 0 Å². The van der Waals surface area contributed by atoms with Crippen molar-refractivity contribution in [2.75, 3.05) is 11.9 Å². The van der Waals surface area contributed by atoms with Gasteiger partial charge in [0.25, 0.3) is 0 Å². The van der Waals surface area contributed by atoms with E-state index >= 15 is 0 Å². The van der Waals surface area contributed by atoms with Crippen molar-refractivity contribution in [3.63, 3.8) is 0 Å². The smallest absolute Gasteiger partial charge is 0.192 e. The van der Waals surface area contributed by atoms with Crippen LogP contribution in [0.15, 0.2) is 12.3 Å². The lowest BCUT2D eigenvalue weighted by Crippen LogP contribution is -2.50. The van der Waals surface area contributed by atoms with Gasteiger partial charge in [0.15, 0.2) is 20.0 Å². The van der Waals surface area contributed by atoms with E-state index in [0.29, 0.717) is 10.1 Å². The van der Waals surface area contributed by atoms with Crippen molar-refractivity contribution in [2.24, 2.45) is 0 Å². The maximum atomic E-state index is 13.9. The average Bonchev–Trinajstić information content (AvgIpc) is 2.28. The van der Waals surface area contributed by atoms with Crippen LogP contribution in [0.1, 0.15) is 34.6 Å². The standard InChI is InChI=1S/C15H26FIN2OSi/c1-14(2,3)21(6,7)20-15(4,5)10-19-13-12(16)11(17)8-9-18-13/h8-9H,10H2,1-7H3,(H,18,19). The van der Waals surface area contributed by atoms with E-state index in [-0.39, 0.29) is 22.3 Å². The number of nitrogens with zero attached hydrogens (tertiary/aromatic N) is 1. The van der Waals surface area contributed by atoms with Crippen molar-refractivity contribution in [2.45, 2.75) is 58.4 Å². The van der Waals surface area contributed by atoms with E-state index in [1.54, 1.807) is 12.3 Å². The molecule has 0 aromatic carbocycles. The quantitative estimate of drug-likeness (QED) is 0.531.